The predicted molar refractivity (Wildman–Crippen MR) is 59.5 cm³/mol. The van der Waals surface area contributed by atoms with Gasteiger partial charge in [-0.2, -0.15) is 5.10 Å². The van der Waals surface area contributed by atoms with Gasteiger partial charge in [0, 0.05) is 18.9 Å². The fraction of sp³-hybridized carbons (Fsp3) is 0.750. The van der Waals surface area contributed by atoms with Crippen LogP contribution in [0.1, 0.15) is 38.3 Å². The predicted octanol–water partition coefficient (Wildman–Crippen LogP) is 1.90. The topological polar surface area (TPSA) is 38.0 Å². The molecule has 1 aromatic rings. The molecule has 1 aromatic heterocycles. The van der Waals surface area contributed by atoms with Crippen LogP contribution in [0.25, 0.3) is 0 Å². The molecule has 0 radical (unpaired) electrons. The van der Waals surface area contributed by atoms with Crippen LogP contribution in [-0.2, 0) is 13.5 Å². The summed E-state index contributed by atoms with van der Waals surface area (Å²) in [5.41, 5.74) is 1.63. The van der Waals surface area contributed by atoms with Gasteiger partial charge >= 0.3 is 0 Å². The average molecular weight is 208 g/mol. The number of hydrogen-bond donors (Lipinski definition) is 1. The minimum absolute atomic E-state index is 0.0680. The molecule has 0 spiro atoms. The van der Waals surface area contributed by atoms with Crippen molar-refractivity contribution in [3.05, 3.63) is 18.0 Å². The van der Waals surface area contributed by atoms with Gasteiger partial charge in [0.15, 0.2) is 0 Å². The molecule has 3 nitrogen and oxygen atoms in total. The highest BCUT2D eigenvalue weighted by Crippen LogP contribution is 2.41. The Morgan fingerprint density at radius 2 is 2.47 bits per heavy atom. The number of nitrogens with zero attached hydrogens (tertiary/aromatic N) is 2. The lowest BCUT2D eigenvalue weighted by Crippen LogP contribution is -2.15. The zero-order chi connectivity index (χ0) is 10.9. The Morgan fingerprint density at radius 1 is 1.67 bits per heavy atom. The van der Waals surface area contributed by atoms with E-state index in [2.05, 4.69) is 18.1 Å². The van der Waals surface area contributed by atoms with Crippen molar-refractivity contribution in [2.24, 2.45) is 12.5 Å². The molecule has 0 aromatic carbocycles. The lowest BCUT2D eigenvalue weighted by Gasteiger charge is -2.23. The standard InChI is InChI=1S/C12H20N2O/c1-12(7-4-11(15)9-12)6-3-10-5-8-13-14(10)2/h5,8,11,15H,3-4,6-7,9H2,1-2H3. The lowest BCUT2D eigenvalue weighted by atomic mass is 9.83. The first kappa shape index (κ1) is 10.7. The van der Waals surface area contributed by atoms with E-state index in [0.29, 0.717) is 5.41 Å². The summed E-state index contributed by atoms with van der Waals surface area (Å²) in [5, 5.41) is 13.7. The van der Waals surface area contributed by atoms with Crippen molar-refractivity contribution < 1.29 is 5.11 Å². The highest BCUT2D eigenvalue weighted by atomic mass is 16.3. The second kappa shape index (κ2) is 3.97. The molecule has 1 aliphatic carbocycles. The summed E-state index contributed by atoms with van der Waals surface area (Å²) < 4.78 is 1.94. The third-order valence-corrected chi connectivity index (χ3v) is 3.72. The first-order valence-corrected chi connectivity index (χ1v) is 5.74. The number of aromatic nitrogens is 2. The average Bonchev–Trinajstić information content (AvgIpc) is 2.71. The van der Waals surface area contributed by atoms with Crippen LogP contribution in [-0.4, -0.2) is 21.0 Å². The first-order valence-electron chi connectivity index (χ1n) is 5.74. The van der Waals surface area contributed by atoms with Gasteiger partial charge in [-0.3, -0.25) is 4.68 Å². The van der Waals surface area contributed by atoms with Crippen LogP contribution in [0.4, 0.5) is 0 Å². The van der Waals surface area contributed by atoms with Gasteiger partial charge < -0.3 is 5.11 Å². The minimum atomic E-state index is -0.0680. The second-order valence-corrected chi connectivity index (χ2v) is 5.15. The molecular weight excluding hydrogens is 188 g/mol. The first-order chi connectivity index (χ1) is 7.09. The number of rotatable bonds is 3. The Labute approximate surface area is 91.1 Å². The number of hydrogen-bond acceptors (Lipinski definition) is 2. The van der Waals surface area contributed by atoms with E-state index in [4.69, 9.17) is 0 Å². The second-order valence-electron chi connectivity index (χ2n) is 5.15. The SMILES string of the molecule is Cn1nccc1CCC1(C)CCC(O)C1. The lowest BCUT2D eigenvalue weighted by molar-refractivity contribution is 0.160. The smallest absolute Gasteiger partial charge is 0.0545 e. The van der Waals surface area contributed by atoms with Crippen molar-refractivity contribution in [2.45, 2.75) is 45.1 Å². The fourth-order valence-corrected chi connectivity index (χ4v) is 2.59. The van der Waals surface area contributed by atoms with Gasteiger partial charge in [-0.1, -0.05) is 6.92 Å². The van der Waals surface area contributed by atoms with Gasteiger partial charge in [-0.15, -0.1) is 0 Å². The van der Waals surface area contributed by atoms with Crippen LogP contribution < -0.4 is 0 Å². The van der Waals surface area contributed by atoms with Crippen LogP contribution in [0.3, 0.4) is 0 Å². The Hall–Kier alpha value is -0.830. The maximum Gasteiger partial charge on any atom is 0.0545 e. The summed E-state index contributed by atoms with van der Waals surface area (Å²) in [4.78, 5) is 0. The van der Waals surface area contributed by atoms with E-state index in [1.807, 2.05) is 17.9 Å². The van der Waals surface area contributed by atoms with Crippen LogP contribution in [0.2, 0.25) is 0 Å². The Morgan fingerprint density at radius 3 is 3.00 bits per heavy atom. The fourth-order valence-electron chi connectivity index (χ4n) is 2.59. The molecule has 0 aliphatic heterocycles. The molecule has 3 heteroatoms. The summed E-state index contributed by atoms with van der Waals surface area (Å²) in [6.45, 7) is 2.29. The van der Waals surface area contributed by atoms with E-state index in [1.54, 1.807) is 0 Å². The summed E-state index contributed by atoms with van der Waals surface area (Å²) in [6.07, 6.45) is 7.10. The molecule has 84 valence electrons. The highest BCUT2D eigenvalue weighted by molar-refractivity contribution is 5.01. The van der Waals surface area contributed by atoms with Gasteiger partial charge in [-0.05, 0) is 43.6 Å². The van der Waals surface area contributed by atoms with E-state index < -0.39 is 0 Å². The number of aryl methyl sites for hydroxylation is 2. The summed E-state index contributed by atoms with van der Waals surface area (Å²) in [6, 6.07) is 2.08. The molecule has 0 bridgehead atoms. The summed E-state index contributed by atoms with van der Waals surface area (Å²) in [5.74, 6) is 0. The molecule has 0 saturated heterocycles. The van der Waals surface area contributed by atoms with Crippen molar-refractivity contribution in [1.29, 1.82) is 0 Å². The monoisotopic (exact) mass is 208 g/mol. The molecule has 1 fully saturated rings. The van der Waals surface area contributed by atoms with Gasteiger partial charge in [0.2, 0.25) is 0 Å². The van der Waals surface area contributed by atoms with Gasteiger partial charge in [0.05, 0.1) is 6.10 Å². The van der Waals surface area contributed by atoms with Crippen molar-refractivity contribution in [3.63, 3.8) is 0 Å². The Balaban J connectivity index is 1.91. The molecule has 1 aliphatic rings. The molecule has 2 atom stereocenters. The van der Waals surface area contributed by atoms with Crippen molar-refractivity contribution in [3.8, 4) is 0 Å². The van der Waals surface area contributed by atoms with Gasteiger partial charge in [0.25, 0.3) is 0 Å². The zero-order valence-electron chi connectivity index (χ0n) is 9.61. The van der Waals surface area contributed by atoms with Crippen molar-refractivity contribution in [2.75, 3.05) is 0 Å². The molecule has 2 rings (SSSR count). The van der Waals surface area contributed by atoms with Crippen LogP contribution >= 0.6 is 0 Å². The maximum absolute atomic E-state index is 9.56. The maximum atomic E-state index is 9.56. The summed E-state index contributed by atoms with van der Waals surface area (Å²) >= 11 is 0. The van der Waals surface area contributed by atoms with Crippen molar-refractivity contribution >= 4 is 0 Å². The molecule has 1 heterocycles. The quantitative estimate of drug-likeness (QED) is 0.824. The van der Waals surface area contributed by atoms with Crippen molar-refractivity contribution in [1.82, 2.24) is 9.78 Å². The molecule has 2 unspecified atom stereocenters. The van der Waals surface area contributed by atoms with E-state index in [0.717, 1.165) is 32.1 Å². The molecule has 0 amide bonds. The number of aliphatic hydroxyl groups is 1. The Kier molecular flexibility index (Phi) is 2.83. The number of aliphatic hydroxyl groups excluding tert-OH is 1. The largest absolute Gasteiger partial charge is 0.393 e. The van der Waals surface area contributed by atoms with E-state index in [9.17, 15) is 5.11 Å². The molecular formula is C12H20N2O. The van der Waals surface area contributed by atoms with Gasteiger partial charge in [0.1, 0.15) is 0 Å². The van der Waals surface area contributed by atoms with E-state index in [1.165, 1.54) is 5.69 Å². The highest BCUT2D eigenvalue weighted by Gasteiger charge is 2.33. The Bertz CT molecular complexity index is 334. The molecule has 1 N–H and O–H groups in total. The third-order valence-electron chi connectivity index (χ3n) is 3.72. The van der Waals surface area contributed by atoms with E-state index in [-0.39, 0.29) is 6.10 Å². The van der Waals surface area contributed by atoms with Crippen LogP contribution in [0.15, 0.2) is 12.3 Å². The molecule has 1 saturated carbocycles. The summed E-state index contributed by atoms with van der Waals surface area (Å²) in [7, 11) is 1.99. The minimum Gasteiger partial charge on any atom is -0.393 e. The van der Waals surface area contributed by atoms with Gasteiger partial charge in [-0.25, -0.2) is 0 Å². The third kappa shape index (κ3) is 2.40. The van der Waals surface area contributed by atoms with E-state index >= 15 is 0 Å². The molecule has 15 heavy (non-hydrogen) atoms. The normalized spacial score (nSPS) is 31.0. The van der Waals surface area contributed by atoms with Crippen LogP contribution in [0.5, 0.6) is 0 Å². The zero-order valence-corrected chi connectivity index (χ0v) is 9.61. The van der Waals surface area contributed by atoms with Crippen LogP contribution in [0, 0.1) is 5.41 Å².